The van der Waals surface area contributed by atoms with Gasteiger partial charge in [-0.2, -0.15) is 0 Å². The Morgan fingerprint density at radius 2 is 2.03 bits per heavy atom. The Morgan fingerprint density at radius 3 is 2.87 bits per heavy atom. The van der Waals surface area contributed by atoms with E-state index in [1.165, 1.54) is 0 Å². The van der Waals surface area contributed by atoms with E-state index in [4.69, 9.17) is 9.47 Å². The summed E-state index contributed by atoms with van der Waals surface area (Å²) in [6.07, 6.45) is 0.899. The van der Waals surface area contributed by atoms with E-state index < -0.39 is 0 Å². The van der Waals surface area contributed by atoms with Crippen LogP contribution in [0.4, 0.5) is 10.5 Å². The van der Waals surface area contributed by atoms with Gasteiger partial charge in [-0.1, -0.05) is 31.2 Å². The van der Waals surface area contributed by atoms with Crippen LogP contribution in [0.5, 0.6) is 11.5 Å². The summed E-state index contributed by atoms with van der Waals surface area (Å²) in [5, 5.41) is 13.2. The lowest BCUT2D eigenvalue weighted by Crippen LogP contribution is -2.69. The highest BCUT2D eigenvalue weighted by molar-refractivity contribution is 5.94. The summed E-state index contributed by atoms with van der Waals surface area (Å²) in [5.74, 6) is 1.75. The first kappa shape index (κ1) is 19.2. The zero-order valence-electron chi connectivity index (χ0n) is 17.1. The highest BCUT2D eigenvalue weighted by atomic mass is 16.7. The molecular weight excluding hydrogens is 382 g/mol. The number of amides is 2. The highest BCUT2D eigenvalue weighted by Crippen LogP contribution is 2.49. The SMILES string of the molecule is CCCNC(=O)N1C[C@@H]2[C@H](c3ccccc31)[C@H](CO)N2Cc1ccc2c(c1)OCO2. The summed E-state index contributed by atoms with van der Waals surface area (Å²) >= 11 is 0. The monoisotopic (exact) mass is 409 g/mol. The molecule has 0 aromatic heterocycles. The largest absolute Gasteiger partial charge is 0.454 e. The Labute approximate surface area is 176 Å². The molecule has 5 rings (SSSR count). The molecule has 2 aromatic rings. The zero-order valence-corrected chi connectivity index (χ0v) is 17.1. The Kier molecular flexibility index (Phi) is 5.00. The van der Waals surface area contributed by atoms with Crippen LogP contribution in [-0.4, -0.2) is 54.6 Å². The molecule has 2 N–H and O–H groups in total. The average Bonchev–Trinajstić information content (AvgIpc) is 3.23. The van der Waals surface area contributed by atoms with Gasteiger partial charge in [-0.05, 0) is 35.7 Å². The van der Waals surface area contributed by atoms with E-state index in [1.54, 1.807) is 0 Å². The smallest absolute Gasteiger partial charge is 0.321 e. The van der Waals surface area contributed by atoms with Gasteiger partial charge in [0.1, 0.15) is 0 Å². The van der Waals surface area contributed by atoms with Gasteiger partial charge in [-0.3, -0.25) is 9.80 Å². The fourth-order valence-electron chi connectivity index (χ4n) is 4.97. The number of hydrogen-bond acceptors (Lipinski definition) is 5. The Balaban J connectivity index is 1.42. The van der Waals surface area contributed by atoms with Crippen molar-refractivity contribution in [3.8, 4) is 11.5 Å². The molecule has 0 unspecified atom stereocenters. The summed E-state index contributed by atoms with van der Waals surface area (Å²) < 4.78 is 10.9. The van der Waals surface area contributed by atoms with E-state index in [0.29, 0.717) is 19.6 Å². The molecule has 3 atom stereocenters. The fourth-order valence-corrected chi connectivity index (χ4v) is 4.97. The van der Waals surface area contributed by atoms with Crippen LogP contribution in [0.15, 0.2) is 42.5 Å². The van der Waals surface area contributed by atoms with Crippen LogP contribution >= 0.6 is 0 Å². The van der Waals surface area contributed by atoms with Crippen molar-refractivity contribution in [1.82, 2.24) is 10.2 Å². The standard InChI is InChI=1S/C23H27N3O4/c1-2-9-24-23(28)26-12-18-22(16-5-3-4-6-17(16)26)19(13-27)25(18)11-15-7-8-20-21(10-15)30-14-29-20/h3-8,10,18-19,22,27H,2,9,11-14H2,1H3,(H,24,28)/t18-,19+,22+/m1/s1. The third-order valence-corrected chi connectivity index (χ3v) is 6.40. The molecule has 7 nitrogen and oxygen atoms in total. The van der Waals surface area contributed by atoms with E-state index >= 15 is 0 Å². The van der Waals surface area contributed by atoms with Crippen molar-refractivity contribution in [2.45, 2.75) is 37.9 Å². The minimum Gasteiger partial charge on any atom is -0.454 e. The van der Waals surface area contributed by atoms with Crippen LogP contribution in [0.1, 0.15) is 30.4 Å². The molecule has 0 radical (unpaired) electrons. The van der Waals surface area contributed by atoms with Crippen LogP contribution in [0.2, 0.25) is 0 Å². The first-order valence-electron chi connectivity index (χ1n) is 10.6. The number of rotatable bonds is 5. The minimum atomic E-state index is -0.0572. The highest BCUT2D eigenvalue weighted by Gasteiger charge is 2.53. The second-order valence-corrected chi connectivity index (χ2v) is 8.10. The van der Waals surface area contributed by atoms with E-state index in [1.807, 2.05) is 48.2 Å². The second kappa shape index (κ2) is 7.81. The molecule has 3 aliphatic heterocycles. The van der Waals surface area contributed by atoms with Crippen molar-refractivity contribution in [3.05, 3.63) is 53.6 Å². The molecule has 3 aliphatic rings. The zero-order chi connectivity index (χ0) is 20.7. The number of carbonyl (C=O) groups is 1. The van der Waals surface area contributed by atoms with E-state index in [0.717, 1.165) is 34.7 Å². The van der Waals surface area contributed by atoms with Crippen LogP contribution in [0, 0.1) is 0 Å². The van der Waals surface area contributed by atoms with Gasteiger partial charge in [-0.15, -0.1) is 0 Å². The number of hydrogen-bond donors (Lipinski definition) is 2. The topological polar surface area (TPSA) is 74.3 Å². The Morgan fingerprint density at radius 1 is 1.20 bits per heavy atom. The normalized spacial score (nSPS) is 24.1. The maximum Gasteiger partial charge on any atom is 0.321 e. The number of carbonyl (C=O) groups excluding carboxylic acids is 1. The predicted molar refractivity (Wildman–Crippen MR) is 113 cm³/mol. The lowest BCUT2D eigenvalue weighted by Gasteiger charge is -2.59. The predicted octanol–water partition coefficient (Wildman–Crippen LogP) is 2.68. The molecule has 1 fully saturated rings. The first-order chi connectivity index (χ1) is 14.7. The fraction of sp³-hybridized carbons (Fsp3) is 0.435. The average molecular weight is 409 g/mol. The summed E-state index contributed by atoms with van der Waals surface area (Å²) in [6.45, 7) is 4.35. The van der Waals surface area contributed by atoms with Gasteiger partial charge in [0.05, 0.1) is 6.61 Å². The van der Waals surface area contributed by atoms with Gasteiger partial charge in [0.25, 0.3) is 0 Å². The number of urea groups is 1. The van der Waals surface area contributed by atoms with Gasteiger partial charge < -0.3 is 19.9 Å². The third kappa shape index (κ3) is 3.09. The van der Waals surface area contributed by atoms with Crippen molar-refractivity contribution >= 4 is 11.7 Å². The molecule has 30 heavy (non-hydrogen) atoms. The molecule has 0 bridgehead atoms. The Hall–Kier alpha value is -2.77. The number of para-hydroxylation sites is 1. The number of fused-ring (bicyclic) bond motifs is 4. The van der Waals surface area contributed by atoms with Crippen molar-refractivity contribution in [2.75, 3.05) is 31.4 Å². The minimum absolute atomic E-state index is 0.0300. The number of aliphatic hydroxyl groups excluding tert-OH is 1. The summed E-state index contributed by atoms with van der Waals surface area (Å²) in [6, 6.07) is 14.2. The summed E-state index contributed by atoms with van der Waals surface area (Å²) in [7, 11) is 0. The summed E-state index contributed by atoms with van der Waals surface area (Å²) in [4.78, 5) is 17.0. The van der Waals surface area contributed by atoms with E-state index in [-0.39, 0.29) is 37.4 Å². The van der Waals surface area contributed by atoms with Gasteiger partial charge in [-0.25, -0.2) is 4.79 Å². The molecule has 2 amide bonds. The van der Waals surface area contributed by atoms with Gasteiger partial charge in [0.2, 0.25) is 6.79 Å². The number of likely N-dealkylation sites (tertiary alicyclic amines) is 1. The van der Waals surface area contributed by atoms with Gasteiger partial charge in [0.15, 0.2) is 11.5 Å². The van der Waals surface area contributed by atoms with Gasteiger partial charge >= 0.3 is 6.03 Å². The Bertz CT molecular complexity index is 950. The lowest BCUT2D eigenvalue weighted by atomic mass is 9.72. The van der Waals surface area contributed by atoms with Crippen molar-refractivity contribution < 1.29 is 19.4 Å². The number of aliphatic hydroxyl groups is 1. The lowest BCUT2D eigenvalue weighted by molar-refractivity contribution is -0.0485. The van der Waals surface area contributed by atoms with Crippen LogP contribution in [0.25, 0.3) is 0 Å². The molecule has 1 saturated heterocycles. The molecule has 0 spiro atoms. The molecule has 2 aromatic carbocycles. The number of anilines is 1. The van der Waals surface area contributed by atoms with Crippen LogP contribution in [0.3, 0.4) is 0 Å². The molecule has 3 heterocycles. The number of nitrogens with one attached hydrogen (secondary N) is 1. The van der Waals surface area contributed by atoms with Crippen molar-refractivity contribution in [2.24, 2.45) is 0 Å². The van der Waals surface area contributed by atoms with E-state index in [2.05, 4.69) is 16.3 Å². The quantitative estimate of drug-likeness (QED) is 0.794. The van der Waals surface area contributed by atoms with Crippen molar-refractivity contribution in [1.29, 1.82) is 0 Å². The second-order valence-electron chi connectivity index (χ2n) is 8.10. The number of ether oxygens (including phenoxy) is 2. The maximum absolute atomic E-state index is 12.9. The van der Waals surface area contributed by atoms with Crippen LogP contribution in [-0.2, 0) is 6.54 Å². The third-order valence-electron chi connectivity index (χ3n) is 6.40. The molecule has 7 heteroatoms. The summed E-state index contributed by atoms with van der Waals surface area (Å²) in [5.41, 5.74) is 3.20. The first-order valence-corrected chi connectivity index (χ1v) is 10.6. The number of benzene rings is 2. The molecular formula is C23H27N3O4. The van der Waals surface area contributed by atoms with Crippen molar-refractivity contribution in [3.63, 3.8) is 0 Å². The van der Waals surface area contributed by atoms with Gasteiger partial charge in [0, 0.05) is 43.3 Å². The van der Waals surface area contributed by atoms with Crippen LogP contribution < -0.4 is 19.7 Å². The van der Waals surface area contributed by atoms with E-state index in [9.17, 15) is 9.90 Å². The maximum atomic E-state index is 12.9. The molecule has 0 aliphatic carbocycles. The molecule has 158 valence electrons. The number of nitrogens with zero attached hydrogens (tertiary/aromatic N) is 2. The molecule has 0 saturated carbocycles.